The SMILES string of the molecule is C#Cc1cnc(C[C@H]2CC[C@H](C(C(=O)NCc3ccccc3)c3ccc(C4=CC(C)N=C4)cc3)CC2)nc1-c1cn[nH]c1. The monoisotopic (exact) mass is 568 g/mol. The van der Waals surface area contributed by atoms with Gasteiger partial charge in [0, 0.05) is 37.1 Å². The average Bonchev–Trinajstić information content (AvgIpc) is 3.74. The van der Waals surface area contributed by atoms with Crippen molar-refractivity contribution < 1.29 is 4.79 Å². The van der Waals surface area contributed by atoms with Crippen LogP contribution >= 0.6 is 0 Å². The quantitative estimate of drug-likeness (QED) is 0.237. The van der Waals surface area contributed by atoms with Crippen LogP contribution in [0.3, 0.4) is 0 Å². The number of aromatic nitrogens is 4. The Morgan fingerprint density at radius 2 is 1.84 bits per heavy atom. The van der Waals surface area contributed by atoms with Crippen LogP contribution in [0.5, 0.6) is 0 Å². The number of H-pyrrole nitrogens is 1. The number of terminal acetylenes is 1. The molecule has 3 heterocycles. The van der Waals surface area contributed by atoms with Gasteiger partial charge in [0.25, 0.3) is 0 Å². The number of rotatable bonds is 9. The molecule has 43 heavy (non-hydrogen) atoms. The number of benzene rings is 2. The number of aliphatic imine (C=N–C) groups is 1. The molecular weight excluding hydrogens is 532 g/mol. The van der Waals surface area contributed by atoms with E-state index in [2.05, 4.69) is 68.7 Å². The fraction of sp³-hybridized carbons (Fsp3) is 0.306. The number of carbonyl (C=O) groups is 1. The van der Waals surface area contributed by atoms with Gasteiger partial charge in [0.05, 0.1) is 29.4 Å². The molecule has 2 aromatic carbocycles. The third kappa shape index (κ3) is 6.65. The molecule has 1 amide bonds. The highest BCUT2D eigenvalue weighted by Crippen LogP contribution is 2.40. The molecule has 1 aliphatic heterocycles. The van der Waals surface area contributed by atoms with Crippen molar-refractivity contribution in [3.05, 3.63) is 107 Å². The third-order valence-electron chi connectivity index (χ3n) is 8.66. The molecule has 1 fully saturated rings. The second kappa shape index (κ2) is 13.0. The van der Waals surface area contributed by atoms with Crippen LogP contribution in [0, 0.1) is 24.2 Å². The van der Waals surface area contributed by atoms with E-state index in [1.807, 2.05) is 36.5 Å². The van der Waals surface area contributed by atoms with Crippen LogP contribution in [0.2, 0.25) is 0 Å². The van der Waals surface area contributed by atoms with Crippen molar-refractivity contribution in [1.82, 2.24) is 25.5 Å². The Kier molecular flexibility index (Phi) is 8.55. The van der Waals surface area contributed by atoms with Gasteiger partial charge in [-0.2, -0.15) is 5.10 Å². The molecule has 0 bridgehead atoms. The van der Waals surface area contributed by atoms with Crippen LogP contribution in [-0.4, -0.2) is 38.3 Å². The van der Waals surface area contributed by atoms with Crippen molar-refractivity contribution in [2.45, 2.75) is 57.5 Å². The van der Waals surface area contributed by atoms with E-state index in [1.54, 1.807) is 18.6 Å². The van der Waals surface area contributed by atoms with E-state index in [1.165, 1.54) is 0 Å². The number of nitrogens with zero attached hydrogens (tertiary/aromatic N) is 4. The smallest absolute Gasteiger partial charge is 0.228 e. The molecule has 7 nitrogen and oxygen atoms in total. The van der Waals surface area contributed by atoms with Gasteiger partial charge in [-0.05, 0) is 66.7 Å². The van der Waals surface area contributed by atoms with E-state index in [0.29, 0.717) is 18.0 Å². The molecule has 2 aliphatic rings. The first kappa shape index (κ1) is 28.3. The first-order valence-electron chi connectivity index (χ1n) is 15.1. The van der Waals surface area contributed by atoms with Crippen LogP contribution in [0.15, 0.2) is 84.3 Å². The molecular formula is C36H36N6O. The van der Waals surface area contributed by atoms with E-state index in [0.717, 1.165) is 71.4 Å². The number of amides is 1. The van der Waals surface area contributed by atoms with Crippen molar-refractivity contribution in [3.8, 4) is 23.6 Å². The summed E-state index contributed by atoms with van der Waals surface area (Å²) in [7, 11) is 0. The van der Waals surface area contributed by atoms with Crippen LogP contribution in [0.1, 0.15) is 66.6 Å². The minimum atomic E-state index is -0.206. The number of allylic oxidation sites excluding steroid dienone is 1. The molecule has 1 aliphatic carbocycles. The normalized spacial score (nSPS) is 20.3. The Labute approximate surface area is 253 Å². The Bertz CT molecular complexity index is 1640. The lowest BCUT2D eigenvalue weighted by Crippen LogP contribution is -2.35. The maximum absolute atomic E-state index is 13.8. The lowest BCUT2D eigenvalue weighted by molar-refractivity contribution is -0.124. The summed E-state index contributed by atoms with van der Waals surface area (Å²) in [5.74, 6) is 4.08. The lowest BCUT2D eigenvalue weighted by atomic mass is 9.72. The number of carbonyl (C=O) groups excluding carboxylic acids is 1. The van der Waals surface area contributed by atoms with Crippen LogP contribution in [-0.2, 0) is 17.8 Å². The fourth-order valence-corrected chi connectivity index (χ4v) is 6.34. The third-order valence-corrected chi connectivity index (χ3v) is 8.66. The Hall–Kier alpha value is -4.83. The molecule has 6 rings (SSSR count). The molecule has 2 unspecified atom stereocenters. The summed E-state index contributed by atoms with van der Waals surface area (Å²) in [6.07, 6.45) is 19.9. The molecule has 2 aromatic heterocycles. The topological polar surface area (TPSA) is 95.9 Å². The number of nitrogens with one attached hydrogen (secondary N) is 2. The molecule has 2 atom stereocenters. The van der Waals surface area contributed by atoms with Crippen LogP contribution < -0.4 is 5.32 Å². The Morgan fingerprint density at radius 3 is 2.51 bits per heavy atom. The first-order valence-corrected chi connectivity index (χ1v) is 15.1. The summed E-state index contributed by atoms with van der Waals surface area (Å²) in [5, 5.41) is 10.1. The van der Waals surface area contributed by atoms with Gasteiger partial charge in [0.2, 0.25) is 5.91 Å². The zero-order valence-electron chi connectivity index (χ0n) is 24.4. The molecule has 1 saturated carbocycles. The summed E-state index contributed by atoms with van der Waals surface area (Å²) < 4.78 is 0. The highest BCUT2D eigenvalue weighted by molar-refractivity contribution is 6.11. The maximum atomic E-state index is 13.8. The predicted molar refractivity (Wildman–Crippen MR) is 170 cm³/mol. The standard InChI is InChI=1S/C36H36N6O/c1-3-27-20-38-33(42-35(27)32-22-40-41-23-32)18-25-9-11-29(12-10-25)34(36(43)39-19-26-7-5-4-6-8-26)30-15-13-28(14-16-30)31-17-24(2)37-21-31/h1,4-8,13-17,20-25,29,34H,9-12,18-19H2,2H3,(H,39,43)(H,40,41)/t24?,25-,29-,34?. The number of hydrogen-bond acceptors (Lipinski definition) is 5. The van der Waals surface area contributed by atoms with Gasteiger partial charge in [-0.15, -0.1) is 6.42 Å². The zero-order chi connectivity index (χ0) is 29.6. The first-order chi connectivity index (χ1) is 21.1. The second-order valence-corrected chi connectivity index (χ2v) is 11.6. The Balaban J connectivity index is 1.16. The van der Waals surface area contributed by atoms with E-state index in [-0.39, 0.29) is 23.8 Å². The summed E-state index contributed by atoms with van der Waals surface area (Å²) in [6.45, 7) is 2.60. The zero-order valence-corrected chi connectivity index (χ0v) is 24.4. The summed E-state index contributed by atoms with van der Waals surface area (Å²) in [6, 6.07) is 18.8. The highest BCUT2D eigenvalue weighted by atomic mass is 16.1. The van der Waals surface area contributed by atoms with E-state index >= 15 is 0 Å². The minimum absolute atomic E-state index is 0.0910. The summed E-state index contributed by atoms with van der Waals surface area (Å²) >= 11 is 0. The van der Waals surface area contributed by atoms with Gasteiger partial charge < -0.3 is 5.32 Å². The van der Waals surface area contributed by atoms with Crippen molar-refractivity contribution in [3.63, 3.8) is 0 Å². The van der Waals surface area contributed by atoms with Crippen LogP contribution in [0.4, 0.5) is 0 Å². The molecule has 4 aromatic rings. The molecule has 0 spiro atoms. The summed E-state index contributed by atoms with van der Waals surface area (Å²) in [4.78, 5) is 27.7. The molecule has 7 heteroatoms. The van der Waals surface area contributed by atoms with E-state index < -0.39 is 0 Å². The predicted octanol–water partition coefficient (Wildman–Crippen LogP) is 6.15. The van der Waals surface area contributed by atoms with Gasteiger partial charge in [-0.25, -0.2) is 9.97 Å². The molecule has 2 N–H and O–H groups in total. The maximum Gasteiger partial charge on any atom is 0.228 e. The number of hydrogen-bond donors (Lipinski definition) is 2. The van der Waals surface area contributed by atoms with E-state index in [4.69, 9.17) is 11.4 Å². The van der Waals surface area contributed by atoms with Crippen molar-refractivity contribution in [2.75, 3.05) is 0 Å². The Morgan fingerprint density at radius 1 is 1.05 bits per heavy atom. The van der Waals surface area contributed by atoms with E-state index in [9.17, 15) is 4.79 Å². The highest BCUT2D eigenvalue weighted by Gasteiger charge is 2.33. The van der Waals surface area contributed by atoms with Gasteiger partial charge in [0.1, 0.15) is 5.82 Å². The number of aromatic amines is 1. The van der Waals surface area contributed by atoms with Gasteiger partial charge in [-0.1, -0.05) is 66.6 Å². The van der Waals surface area contributed by atoms with Gasteiger partial charge in [0.15, 0.2) is 0 Å². The molecule has 0 radical (unpaired) electrons. The largest absolute Gasteiger partial charge is 0.351 e. The van der Waals surface area contributed by atoms with Gasteiger partial charge >= 0.3 is 0 Å². The van der Waals surface area contributed by atoms with Crippen molar-refractivity contribution >= 4 is 17.7 Å². The molecule has 216 valence electrons. The van der Waals surface area contributed by atoms with Crippen molar-refractivity contribution in [1.29, 1.82) is 0 Å². The van der Waals surface area contributed by atoms with Gasteiger partial charge in [-0.3, -0.25) is 14.9 Å². The second-order valence-electron chi connectivity index (χ2n) is 11.6. The van der Waals surface area contributed by atoms with Crippen LogP contribution in [0.25, 0.3) is 16.8 Å². The fourth-order valence-electron chi connectivity index (χ4n) is 6.34. The lowest BCUT2D eigenvalue weighted by Gasteiger charge is -2.33. The van der Waals surface area contributed by atoms with Crippen molar-refractivity contribution in [2.24, 2.45) is 16.8 Å². The molecule has 0 saturated heterocycles. The average molecular weight is 569 g/mol. The minimum Gasteiger partial charge on any atom is -0.351 e. The summed E-state index contributed by atoms with van der Waals surface area (Å²) in [5.41, 5.74) is 6.70.